The lowest BCUT2D eigenvalue weighted by atomic mass is 10.2. The molecule has 2 rings (SSSR count). The molecule has 1 amide bonds. The van der Waals surface area contributed by atoms with Gasteiger partial charge in [-0.2, -0.15) is 0 Å². The molecule has 0 aliphatic heterocycles. The number of rotatable bonds is 4. The van der Waals surface area contributed by atoms with Crippen LogP contribution in [0.1, 0.15) is 12.5 Å². The lowest BCUT2D eigenvalue weighted by Gasteiger charge is -2.09. The Balaban J connectivity index is 1.99. The minimum absolute atomic E-state index is 0.360. The number of carbonyl (C=O) groups is 1. The van der Waals surface area contributed by atoms with Crippen molar-refractivity contribution in [1.82, 2.24) is 0 Å². The summed E-state index contributed by atoms with van der Waals surface area (Å²) >= 11 is 0. The van der Waals surface area contributed by atoms with Crippen molar-refractivity contribution in [2.75, 3.05) is 17.2 Å². The molecule has 0 bridgehead atoms. The van der Waals surface area contributed by atoms with E-state index in [-0.39, 0.29) is 0 Å². The smallest absolute Gasteiger partial charge is 0.411 e. The van der Waals surface area contributed by atoms with E-state index in [9.17, 15) is 4.79 Å². The van der Waals surface area contributed by atoms with E-state index < -0.39 is 6.09 Å². The molecule has 4 heteroatoms. The molecule has 2 N–H and O–H groups in total. The second-order valence-corrected chi connectivity index (χ2v) is 4.42. The first-order chi connectivity index (χ1) is 9.67. The van der Waals surface area contributed by atoms with Gasteiger partial charge in [-0.3, -0.25) is 5.32 Å². The first kappa shape index (κ1) is 13.9. The summed E-state index contributed by atoms with van der Waals surface area (Å²) in [5.74, 6) is 0. The number of benzene rings is 2. The zero-order valence-corrected chi connectivity index (χ0v) is 11.6. The normalized spacial score (nSPS) is 9.90. The summed E-state index contributed by atoms with van der Waals surface area (Å²) in [4.78, 5) is 11.3. The largest absolute Gasteiger partial charge is 0.450 e. The zero-order valence-electron chi connectivity index (χ0n) is 11.6. The van der Waals surface area contributed by atoms with E-state index in [1.54, 1.807) is 6.92 Å². The summed E-state index contributed by atoms with van der Waals surface area (Å²) in [6.45, 7) is 4.19. The van der Waals surface area contributed by atoms with Crippen molar-refractivity contribution < 1.29 is 9.53 Å². The Kier molecular flexibility index (Phi) is 4.60. The highest BCUT2D eigenvalue weighted by atomic mass is 16.5. The van der Waals surface area contributed by atoms with Crippen LogP contribution in [-0.4, -0.2) is 12.7 Å². The van der Waals surface area contributed by atoms with Crippen LogP contribution in [0, 0.1) is 6.92 Å². The standard InChI is InChI=1S/C16H18N2O2/c1-3-20-16(19)18-14-9-7-13(8-10-14)17-15-6-4-5-12(2)11-15/h4-11,17H,3H2,1-2H3,(H,18,19). The fraction of sp³-hybridized carbons (Fsp3) is 0.188. The highest BCUT2D eigenvalue weighted by Crippen LogP contribution is 2.19. The van der Waals surface area contributed by atoms with Crippen LogP contribution in [0.25, 0.3) is 0 Å². The first-order valence-corrected chi connectivity index (χ1v) is 6.55. The lowest BCUT2D eigenvalue weighted by Crippen LogP contribution is -2.13. The van der Waals surface area contributed by atoms with Crippen molar-refractivity contribution >= 4 is 23.2 Å². The summed E-state index contributed by atoms with van der Waals surface area (Å²) in [5.41, 5.74) is 3.91. The minimum Gasteiger partial charge on any atom is -0.450 e. The number of carbonyl (C=O) groups excluding carboxylic acids is 1. The van der Waals surface area contributed by atoms with Gasteiger partial charge in [0.25, 0.3) is 0 Å². The van der Waals surface area contributed by atoms with Gasteiger partial charge in [0.05, 0.1) is 6.61 Å². The van der Waals surface area contributed by atoms with E-state index >= 15 is 0 Å². The van der Waals surface area contributed by atoms with Gasteiger partial charge >= 0.3 is 6.09 Å². The van der Waals surface area contributed by atoms with E-state index in [4.69, 9.17) is 4.74 Å². The van der Waals surface area contributed by atoms with Crippen LogP contribution in [0.15, 0.2) is 48.5 Å². The van der Waals surface area contributed by atoms with Gasteiger partial charge in [-0.05, 0) is 55.8 Å². The van der Waals surface area contributed by atoms with Crippen LogP contribution < -0.4 is 10.6 Å². The highest BCUT2D eigenvalue weighted by Gasteiger charge is 2.01. The van der Waals surface area contributed by atoms with Crippen LogP contribution in [0.5, 0.6) is 0 Å². The summed E-state index contributed by atoms with van der Waals surface area (Å²) in [6.07, 6.45) is -0.438. The molecule has 0 saturated heterocycles. The Morgan fingerprint density at radius 2 is 1.75 bits per heavy atom. The molecule has 0 aromatic heterocycles. The molecule has 0 unspecified atom stereocenters. The van der Waals surface area contributed by atoms with Gasteiger partial charge < -0.3 is 10.1 Å². The van der Waals surface area contributed by atoms with Crippen LogP contribution >= 0.6 is 0 Å². The predicted octanol–water partition coefficient (Wildman–Crippen LogP) is 4.31. The Hall–Kier alpha value is -2.49. The fourth-order valence-corrected chi connectivity index (χ4v) is 1.81. The van der Waals surface area contributed by atoms with Gasteiger partial charge in [-0.15, -0.1) is 0 Å². The summed E-state index contributed by atoms with van der Waals surface area (Å²) in [5, 5.41) is 5.96. The van der Waals surface area contributed by atoms with Crippen molar-refractivity contribution in [1.29, 1.82) is 0 Å². The van der Waals surface area contributed by atoms with Gasteiger partial charge in [0, 0.05) is 17.1 Å². The van der Waals surface area contributed by atoms with E-state index in [2.05, 4.69) is 29.7 Å². The number of amides is 1. The van der Waals surface area contributed by atoms with Crippen molar-refractivity contribution in [3.8, 4) is 0 Å². The highest BCUT2D eigenvalue weighted by molar-refractivity contribution is 5.84. The van der Waals surface area contributed by atoms with E-state index in [0.717, 1.165) is 11.4 Å². The number of hydrogen-bond acceptors (Lipinski definition) is 3. The SMILES string of the molecule is CCOC(=O)Nc1ccc(Nc2cccc(C)c2)cc1. The molecule has 0 radical (unpaired) electrons. The molecule has 0 spiro atoms. The van der Waals surface area contributed by atoms with Crippen molar-refractivity contribution in [2.45, 2.75) is 13.8 Å². The third kappa shape index (κ3) is 4.02. The molecule has 20 heavy (non-hydrogen) atoms. The second-order valence-electron chi connectivity index (χ2n) is 4.42. The number of aryl methyl sites for hydroxylation is 1. The summed E-state index contributed by atoms with van der Waals surface area (Å²) in [6, 6.07) is 15.6. The van der Waals surface area contributed by atoms with Crippen molar-refractivity contribution in [2.24, 2.45) is 0 Å². The van der Waals surface area contributed by atoms with E-state index in [1.807, 2.05) is 36.4 Å². The molecule has 0 fully saturated rings. The number of ether oxygens (including phenoxy) is 1. The van der Waals surface area contributed by atoms with Gasteiger partial charge in [0.1, 0.15) is 0 Å². The van der Waals surface area contributed by atoms with E-state index in [0.29, 0.717) is 12.3 Å². The summed E-state index contributed by atoms with van der Waals surface area (Å²) < 4.78 is 4.82. The Morgan fingerprint density at radius 1 is 1.05 bits per heavy atom. The van der Waals surface area contributed by atoms with Crippen LogP contribution in [0.3, 0.4) is 0 Å². The molecule has 0 aliphatic rings. The third-order valence-corrected chi connectivity index (χ3v) is 2.71. The minimum atomic E-state index is -0.438. The molecule has 0 heterocycles. The average Bonchev–Trinajstić information content (AvgIpc) is 2.41. The first-order valence-electron chi connectivity index (χ1n) is 6.55. The molecule has 104 valence electrons. The third-order valence-electron chi connectivity index (χ3n) is 2.71. The maximum atomic E-state index is 11.3. The Bertz CT molecular complexity index is 579. The number of hydrogen-bond donors (Lipinski definition) is 2. The van der Waals surface area contributed by atoms with Crippen LogP contribution in [0.4, 0.5) is 21.9 Å². The average molecular weight is 270 g/mol. The van der Waals surface area contributed by atoms with Gasteiger partial charge in [-0.25, -0.2) is 4.79 Å². The van der Waals surface area contributed by atoms with Crippen molar-refractivity contribution in [3.63, 3.8) is 0 Å². The van der Waals surface area contributed by atoms with Crippen LogP contribution in [0.2, 0.25) is 0 Å². The van der Waals surface area contributed by atoms with Crippen molar-refractivity contribution in [3.05, 3.63) is 54.1 Å². The predicted molar refractivity (Wildman–Crippen MR) is 81.5 cm³/mol. The molecule has 0 saturated carbocycles. The Labute approximate surface area is 118 Å². The number of nitrogens with one attached hydrogen (secondary N) is 2. The molecule has 2 aromatic rings. The summed E-state index contributed by atoms with van der Waals surface area (Å²) in [7, 11) is 0. The zero-order chi connectivity index (χ0) is 14.4. The lowest BCUT2D eigenvalue weighted by molar-refractivity contribution is 0.168. The monoisotopic (exact) mass is 270 g/mol. The molecular weight excluding hydrogens is 252 g/mol. The van der Waals surface area contributed by atoms with Gasteiger partial charge in [0.15, 0.2) is 0 Å². The van der Waals surface area contributed by atoms with E-state index in [1.165, 1.54) is 5.56 Å². The topological polar surface area (TPSA) is 50.4 Å². The fourth-order valence-electron chi connectivity index (χ4n) is 1.81. The molecule has 0 aliphatic carbocycles. The molecule has 0 atom stereocenters. The second kappa shape index (κ2) is 6.61. The molecular formula is C16H18N2O2. The Morgan fingerprint density at radius 3 is 2.40 bits per heavy atom. The molecule has 4 nitrogen and oxygen atoms in total. The van der Waals surface area contributed by atoms with Crippen LogP contribution in [-0.2, 0) is 4.74 Å². The van der Waals surface area contributed by atoms with Gasteiger partial charge in [0.2, 0.25) is 0 Å². The molecule has 2 aromatic carbocycles. The van der Waals surface area contributed by atoms with Gasteiger partial charge in [-0.1, -0.05) is 12.1 Å². The maximum Gasteiger partial charge on any atom is 0.411 e. The quantitative estimate of drug-likeness (QED) is 0.870. The number of anilines is 3. The maximum absolute atomic E-state index is 11.3.